The van der Waals surface area contributed by atoms with Gasteiger partial charge < -0.3 is 15.5 Å². The largest absolute Gasteiger partial charge is 0.337 e. The average molecular weight is 285 g/mol. The smallest absolute Gasteiger partial charge is 0.253 e. The van der Waals surface area contributed by atoms with Crippen molar-refractivity contribution in [3.05, 3.63) is 29.3 Å². The number of rotatable bonds is 1. The molecule has 3 aliphatic heterocycles. The molecule has 2 atom stereocenters. The Kier molecular flexibility index (Phi) is 2.96. The number of benzene rings is 1. The molecule has 2 N–H and O–H groups in total. The van der Waals surface area contributed by atoms with Crippen LogP contribution in [0.4, 0.5) is 5.69 Å². The number of carbonyl (C=O) groups excluding carboxylic acids is 2. The molecule has 5 heteroatoms. The van der Waals surface area contributed by atoms with E-state index in [1.807, 2.05) is 23.1 Å². The molecule has 1 aromatic rings. The van der Waals surface area contributed by atoms with E-state index in [9.17, 15) is 9.59 Å². The van der Waals surface area contributed by atoms with Crippen molar-refractivity contribution < 1.29 is 9.59 Å². The summed E-state index contributed by atoms with van der Waals surface area (Å²) in [4.78, 5) is 26.0. The van der Waals surface area contributed by atoms with Crippen LogP contribution >= 0.6 is 0 Å². The fourth-order valence-electron chi connectivity index (χ4n) is 3.76. The van der Waals surface area contributed by atoms with Crippen LogP contribution < -0.4 is 10.6 Å². The zero-order chi connectivity index (χ0) is 14.4. The lowest BCUT2D eigenvalue weighted by Gasteiger charge is -2.24. The third kappa shape index (κ3) is 2.21. The van der Waals surface area contributed by atoms with Gasteiger partial charge in [-0.25, -0.2) is 0 Å². The summed E-state index contributed by atoms with van der Waals surface area (Å²) in [6.45, 7) is 2.72. The van der Waals surface area contributed by atoms with Crippen LogP contribution in [0, 0.1) is 5.92 Å². The molecule has 21 heavy (non-hydrogen) atoms. The zero-order valence-corrected chi connectivity index (χ0v) is 11.9. The number of piperidine rings is 1. The number of fused-ring (bicyclic) bond motifs is 2. The van der Waals surface area contributed by atoms with Crippen LogP contribution in [0.3, 0.4) is 0 Å². The minimum absolute atomic E-state index is 0.00555. The third-order valence-corrected chi connectivity index (χ3v) is 4.86. The zero-order valence-electron chi connectivity index (χ0n) is 11.9. The first-order valence-corrected chi connectivity index (χ1v) is 7.66. The summed E-state index contributed by atoms with van der Waals surface area (Å²) < 4.78 is 0. The van der Waals surface area contributed by atoms with Crippen LogP contribution in [0.15, 0.2) is 18.2 Å². The summed E-state index contributed by atoms with van der Waals surface area (Å²) >= 11 is 0. The summed E-state index contributed by atoms with van der Waals surface area (Å²) in [7, 11) is 0. The Labute approximate surface area is 123 Å². The standard InChI is InChI=1S/C16H19N3O2/c20-15-7-12-6-10(3-4-13(12)18-15)16(21)19-8-11-2-1-5-17-14(11)9-19/h3-4,6,11,14,17H,1-2,5,7-9H2,(H,18,20). The molecule has 4 rings (SSSR count). The molecule has 0 bridgehead atoms. The number of nitrogens with one attached hydrogen (secondary N) is 2. The third-order valence-electron chi connectivity index (χ3n) is 4.86. The second kappa shape index (κ2) is 4.84. The van der Waals surface area contributed by atoms with Crippen molar-refractivity contribution in [1.82, 2.24) is 10.2 Å². The van der Waals surface area contributed by atoms with Gasteiger partial charge >= 0.3 is 0 Å². The molecule has 2 saturated heterocycles. The van der Waals surface area contributed by atoms with Crippen LogP contribution in [-0.4, -0.2) is 42.4 Å². The molecule has 0 radical (unpaired) electrons. The van der Waals surface area contributed by atoms with Gasteiger partial charge in [-0.3, -0.25) is 9.59 Å². The molecule has 2 amide bonds. The highest BCUT2D eigenvalue weighted by Gasteiger charge is 2.36. The Bertz CT molecular complexity index is 600. The molecular weight excluding hydrogens is 266 g/mol. The van der Waals surface area contributed by atoms with Gasteiger partial charge in [0.2, 0.25) is 5.91 Å². The molecule has 3 heterocycles. The van der Waals surface area contributed by atoms with Gasteiger partial charge in [0.1, 0.15) is 0 Å². The summed E-state index contributed by atoms with van der Waals surface area (Å²) in [5, 5.41) is 6.32. The van der Waals surface area contributed by atoms with E-state index in [-0.39, 0.29) is 11.8 Å². The lowest BCUT2D eigenvalue weighted by atomic mass is 9.94. The monoisotopic (exact) mass is 285 g/mol. The van der Waals surface area contributed by atoms with Crippen molar-refractivity contribution in [2.24, 2.45) is 5.92 Å². The van der Waals surface area contributed by atoms with Gasteiger partial charge in [-0.05, 0) is 49.1 Å². The molecule has 0 saturated carbocycles. The van der Waals surface area contributed by atoms with Crippen LogP contribution in [0.25, 0.3) is 0 Å². The maximum absolute atomic E-state index is 12.7. The minimum atomic E-state index is 0.00555. The Morgan fingerprint density at radius 1 is 1.29 bits per heavy atom. The van der Waals surface area contributed by atoms with Gasteiger partial charge in [-0.2, -0.15) is 0 Å². The first-order valence-electron chi connectivity index (χ1n) is 7.66. The van der Waals surface area contributed by atoms with E-state index in [2.05, 4.69) is 10.6 Å². The second-order valence-electron chi connectivity index (χ2n) is 6.27. The summed E-state index contributed by atoms with van der Waals surface area (Å²) in [5.41, 5.74) is 2.47. The quantitative estimate of drug-likeness (QED) is 0.809. The predicted molar refractivity (Wildman–Crippen MR) is 79.2 cm³/mol. The molecule has 5 nitrogen and oxygen atoms in total. The molecule has 0 aromatic heterocycles. The van der Waals surface area contributed by atoms with Crippen LogP contribution in [0.2, 0.25) is 0 Å². The summed E-state index contributed by atoms with van der Waals surface area (Å²) in [6, 6.07) is 5.99. The highest BCUT2D eigenvalue weighted by Crippen LogP contribution is 2.28. The molecule has 3 aliphatic rings. The van der Waals surface area contributed by atoms with Gasteiger partial charge in [-0.15, -0.1) is 0 Å². The van der Waals surface area contributed by atoms with Gasteiger partial charge in [0.25, 0.3) is 5.91 Å². The SMILES string of the molecule is O=C1Cc2cc(C(=O)N3CC4CCCNC4C3)ccc2N1. The Hall–Kier alpha value is -1.88. The van der Waals surface area contributed by atoms with E-state index in [1.165, 1.54) is 12.8 Å². The van der Waals surface area contributed by atoms with Crippen molar-refractivity contribution in [2.45, 2.75) is 25.3 Å². The van der Waals surface area contributed by atoms with E-state index < -0.39 is 0 Å². The highest BCUT2D eigenvalue weighted by molar-refractivity contribution is 6.01. The summed E-state index contributed by atoms with van der Waals surface area (Å²) in [6.07, 6.45) is 2.79. The highest BCUT2D eigenvalue weighted by atomic mass is 16.2. The Morgan fingerprint density at radius 3 is 3.05 bits per heavy atom. The Morgan fingerprint density at radius 2 is 2.19 bits per heavy atom. The van der Waals surface area contributed by atoms with E-state index in [0.29, 0.717) is 23.9 Å². The van der Waals surface area contributed by atoms with Crippen LogP contribution in [0.1, 0.15) is 28.8 Å². The molecule has 2 fully saturated rings. The number of nitrogens with zero attached hydrogens (tertiary/aromatic N) is 1. The average Bonchev–Trinajstić information content (AvgIpc) is 3.07. The maximum atomic E-state index is 12.7. The van der Waals surface area contributed by atoms with Gasteiger partial charge in [-0.1, -0.05) is 0 Å². The van der Waals surface area contributed by atoms with Crippen molar-refractivity contribution >= 4 is 17.5 Å². The fourth-order valence-corrected chi connectivity index (χ4v) is 3.76. The van der Waals surface area contributed by atoms with Crippen molar-refractivity contribution in [3.8, 4) is 0 Å². The molecule has 1 aromatic carbocycles. The lowest BCUT2D eigenvalue weighted by molar-refractivity contribution is -0.115. The van der Waals surface area contributed by atoms with Gasteiger partial charge in [0.05, 0.1) is 6.42 Å². The number of hydrogen-bond donors (Lipinski definition) is 2. The minimum Gasteiger partial charge on any atom is -0.337 e. The van der Waals surface area contributed by atoms with Crippen molar-refractivity contribution in [1.29, 1.82) is 0 Å². The lowest BCUT2D eigenvalue weighted by Crippen LogP contribution is -2.41. The predicted octanol–water partition coefficient (Wildman–Crippen LogP) is 1.01. The van der Waals surface area contributed by atoms with E-state index in [0.717, 1.165) is 30.9 Å². The number of likely N-dealkylation sites (tertiary alicyclic amines) is 1. The summed E-state index contributed by atoms with van der Waals surface area (Å²) in [5.74, 6) is 0.694. The van der Waals surface area contributed by atoms with Crippen molar-refractivity contribution in [2.75, 3.05) is 25.0 Å². The maximum Gasteiger partial charge on any atom is 0.253 e. The normalized spacial score (nSPS) is 27.2. The van der Waals surface area contributed by atoms with Crippen LogP contribution in [-0.2, 0) is 11.2 Å². The first-order chi connectivity index (χ1) is 10.2. The molecular formula is C16H19N3O2. The topological polar surface area (TPSA) is 61.4 Å². The van der Waals surface area contributed by atoms with Crippen molar-refractivity contribution in [3.63, 3.8) is 0 Å². The van der Waals surface area contributed by atoms with E-state index >= 15 is 0 Å². The van der Waals surface area contributed by atoms with E-state index in [1.54, 1.807) is 0 Å². The number of carbonyl (C=O) groups is 2. The molecule has 0 aliphatic carbocycles. The second-order valence-corrected chi connectivity index (χ2v) is 6.27. The molecule has 110 valence electrons. The van der Waals surface area contributed by atoms with Gasteiger partial charge in [0.15, 0.2) is 0 Å². The number of hydrogen-bond acceptors (Lipinski definition) is 3. The number of amides is 2. The van der Waals surface area contributed by atoms with E-state index in [4.69, 9.17) is 0 Å². The molecule has 2 unspecified atom stereocenters. The van der Waals surface area contributed by atoms with Gasteiger partial charge in [0, 0.05) is 30.4 Å². The number of anilines is 1. The molecule has 0 spiro atoms. The first kappa shape index (κ1) is 12.8. The Balaban J connectivity index is 1.53. The van der Waals surface area contributed by atoms with Crippen LogP contribution in [0.5, 0.6) is 0 Å². The fraction of sp³-hybridized carbons (Fsp3) is 0.500.